The number of nitrogens with one attached hydrogen (secondary N) is 1. The number of hydrogen-bond acceptors (Lipinski definition) is 4. The van der Waals surface area contributed by atoms with Crippen LogP contribution >= 0.6 is 0 Å². The van der Waals surface area contributed by atoms with E-state index >= 15 is 0 Å². The van der Waals surface area contributed by atoms with Crippen LogP contribution in [0.2, 0.25) is 0 Å². The van der Waals surface area contributed by atoms with Crippen LogP contribution in [0.1, 0.15) is 50.6 Å². The normalized spacial score (nSPS) is 16.4. The molecule has 0 saturated heterocycles. The Kier molecular flexibility index (Phi) is 5.89. The molecule has 1 aliphatic carbocycles. The molecule has 0 amide bonds. The first-order valence-electron chi connectivity index (χ1n) is 7.75. The highest BCUT2D eigenvalue weighted by Crippen LogP contribution is 2.31. The van der Waals surface area contributed by atoms with Gasteiger partial charge < -0.3 is 9.47 Å². The van der Waals surface area contributed by atoms with Crippen molar-refractivity contribution in [3.05, 3.63) is 23.8 Å². The van der Waals surface area contributed by atoms with E-state index in [0.717, 1.165) is 30.6 Å². The van der Waals surface area contributed by atoms with Crippen LogP contribution in [0.5, 0.6) is 11.5 Å². The van der Waals surface area contributed by atoms with Crippen molar-refractivity contribution < 1.29 is 9.47 Å². The van der Waals surface area contributed by atoms with Crippen molar-refractivity contribution in [2.24, 2.45) is 0 Å². The standard InChI is InChI=1S/C17H24N2O2/c1-3-10-21-16-9-8-13(11-17(16)20-2)15(12-18)19-14-6-4-5-7-14/h8-9,11,14-15,19H,3-7,10H2,1-2H3. The van der Waals surface area contributed by atoms with Crippen molar-refractivity contribution in [1.82, 2.24) is 5.32 Å². The van der Waals surface area contributed by atoms with Gasteiger partial charge in [0.1, 0.15) is 6.04 Å². The van der Waals surface area contributed by atoms with Gasteiger partial charge in [0.15, 0.2) is 11.5 Å². The van der Waals surface area contributed by atoms with Crippen LogP contribution in [0.3, 0.4) is 0 Å². The predicted octanol–water partition coefficient (Wildman–Crippen LogP) is 3.58. The Balaban J connectivity index is 2.11. The van der Waals surface area contributed by atoms with Crippen molar-refractivity contribution in [2.45, 2.75) is 51.1 Å². The van der Waals surface area contributed by atoms with E-state index in [1.54, 1.807) is 7.11 Å². The van der Waals surface area contributed by atoms with E-state index < -0.39 is 0 Å². The van der Waals surface area contributed by atoms with E-state index in [-0.39, 0.29) is 6.04 Å². The zero-order valence-corrected chi connectivity index (χ0v) is 12.9. The molecule has 114 valence electrons. The fourth-order valence-corrected chi connectivity index (χ4v) is 2.73. The quantitative estimate of drug-likeness (QED) is 0.833. The molecule has 1 atom stereocenters. The van der Waals surface area contributed by atoms with Gasteiger partial charge in [0, 0.05) is 6.04 Å². The molecule has 1 saturated carbocycles. The number of nitrogens with zero attached hydrogens (tertiary/aromatic N) is 1. The first-order chi connectivity index (χ1) is 10.3. The molecule has 1 aliphatic rings. The summed E-state index contributed by atoms with van der Waals surface area (Å²) < 4.78 is 11.0. The molecule has 1 N–H and O–H groups in total. The highest BCUT2D eigenvalue weighted by Gasteiger charge is 2.21. The van der Waals surface area contributed by atoms with Crippen molar-refractivity contribution >= 4 is 0 Å². The number of benzene rings is 1. The molecular formula is C17H24N2O2. The molecule has 0 heterocycles. The maximum absolute atomic E-state index is 9.43. The third-order valence-electron chi connectivity index (χ3n) is 3.87. The third-order valence-corrected chi connectivity index (χ3v) is 3.87. The second-order valence-electron chi connectivity index (χ2n) is 5.47. The molecule has 0 aromatic heterocycles. The lowest BCUT2D eigenvalue weighted by Crippen LogP contribution is -2.29. The average Bonchev–Trinajstić information content (AvgIpc) is 3.03. The second-order valence-corrected chi connectivity index (χ2v) is 5.47. The van der Waals surface area contributed by atoms with Crippen molar-refractivity contribution in [3.8, 4) is 17.6 Å². The van der Waals surface area contributed by atoms with Crippen molar-refractivity contribution in [1.29, 1.82) is 5.26 Å². The second kappa shape index (κ2) is 7.90. The summed E-state index contributed by atoms with van der Waals surface area (Å²) in [7, 11) is 1.63. The molecule has 0 radical (unpaired) electrons. The van der Waals surface area contributed by atoms with Gasteiger partial charge in [-0.3, -0.25) is 5.32 Å². The minimum atomic E-state index is -0.290. The Morgan fingerprint density at radius 2 is 2.10 bits per heavy atom. The predicted molar refractivity (Wildman–Crippen MR) is 82.5 cm³/mol. The van der Waals surface area contributed by atoms with Gasteiger partial charge in [-0.15, -0.1) is 0 Å². The smallest absolute Gasteiger partial charge is 0.161 e. The van der Waals surface area contributed by atoms with E-state index in [2.05, 4.69) is 18.3 Å². The Hall–Kier alpha value is -1.73. The number of hydrogen-bond donors (Lipinski definition) is 1. The van der Waals surface area contributed by atoms with Gasteiger partial charge in [0.2, 0.25) is 0 Å². The molecule has 1 aromatic rings. The molecule has 2 rings (SSSR count). The van der Waals surface area contributed by atoms with Crippen LogP contribution in [0.4, 0.5) is 0 Å². The Labute approximate surface area is 127 Å². The first kappa shape index (κ1) is 15.7. The Morgan fingerprint density at radius 1 is 1.33 bits per heavy atom. The number of ether oxygens (including phenoxy) is 2. The number of rotatable bonds is 7. The fourth-order valence-electron chi connectivity index (χ4n) is 2.73. The van der Waals surface area contributed by atoms with E-state index in [1.807, 2.05) is 18.2 Å². The summed E-state index contributed by atoms with van der Waals surface area (Å²) in [6.45, 7) is 2.73. The largest absolute Gasteiger partial charge is 0.493 e. The van der Waals surface area contributed by atoms with Crippen LogP contribution in [0.25, 0.3) is 0 Å². The SMILES string of the molecule is CCCOc1ccc(C(C#N)NC2CCCC2)cc1OC. The highest BCUT2D eigenvalue weighted by atomic mass is 16.5. The van der Waals surface area contributed by atoms with Gasteiger partial charge in [-0.1, -0.05) is 25.8 Å². The van der Waals surface area contributed by atoms with E-state index in [0.29, 0.717) is 18.4 Å². The molecule has 4 nitrogen and oxygen atoms in total. The minimum absolute atomic E-state index is 0.290. The van der Waals surface area contributed by atoms with Crippen LogP contribution in [-0.2, 0) is 0 Å². The summed E-state index contributed by atoms with van der Waals surface area (Å²) in [6, 6.07) is 8.26. The summed E-state index contributed by atoms with van der Waals surface area (Å²) in [5, 5.41) is 12.9. The molecule has 0 spiro atoms. The number of nitriles is 1. The Bertz CT molecular complexity index is 490. The first-order valence-corrected chi connectivity index (χ1v) is 7.75. The van der Waals surface area contributed by atoms with Crippen LogP contribution in [-0.4, -0.2) is 19.8 Å². The molecule has 4 heteroatoms. The molecule has 0 bridgehead atoms. The van der Waals surface area contributed by atoms with Gasteiger partial charge >= 0.3 is 0 Å². The fraction of sp³-hybridized carbons (Fsp3) is 0.588. The van der Waals surface area contributed by atoms with E-state index in [4.69, 9.17) is 9.47 Å². The molecule has 1 unspecified atom stereocenters. The van der Waals surface area contributed by atoms with Crippen LogP contribution in [0, 0.1) is 11.3 Å². The summed E-state index contributed by atoms with van der Waals surface area (Å²) in [5.41, 5.74) is 0.935. The highest BCUT2D eigenvalue weighted by molar-refractivity contribution is 5.44. The summed E-state index contributed by atoms with van der Waals surface area (Å²) in [4.78, 5) is 0. The van der Waals surface area contributed by atoms with Gasteiger partial charge in [0.25, 0.3) is 0 Å². The molecule has 0 aliphatic heterocycles. The summed E-state index contributed by atoms with van der Waals surface area (Å²) in [6.07, 6.45) is 5.78. The van der Waals surface area contributed by atoms with E-state index in [1.165, 1.54) is 12.8 Å². The minimum Gasteiger partial charge on any atom is -0.493 e. The lowest BCUT2D eigenvalue weighted by Gasteiger charge is -2.19. The van der Waals surface area contributed by atoms with Gasteiger partial charge in [-0.05, 0) is 37.0 Å². The van der Waals surface area contributed by atoms with Gasteiger partial charge in [-0.25, -0.2) is 0 Å². The van der Waals surface area contributed by atoms with E-state index in [9.17, 15) is 5.26 Å². The summed E-state index contributed by atoms with van der Waals surface area (Å²) in [5.74, 6) is 1.43. The van der Waals surface area contributed by atoms with Crippen LogP contribution in [0.15, 0.2) is 18.2 Å². The molecule has 1 aromatic carbocycles. The lowest BCUT2D eigenvalue weighted by molar-refractivity contribution is 0.294. The molecular weight excluding hydrogens is 264 g/mol. The van der Waals surface area contributed by atoms with Crippen molar-refractivity contribution in [2.75, 3.05) is 13.7 Å². The zero-order chi connectivity index (χ0) is 15.1. The Morgan fingerprint density at radius 3 is 2.71 bits per heavy atom. The van der Waals surface area contributed by atoms with Crippen LogP contribution < -0.4 is 14.8 Å². The monoisotopic (exact) mass is 288 g/mol. The van der Waals surface area contributed by atoms with Crippen molar-refractivity contribution in [3.63, 3.8) is 0 Å². The molecule has 21 heavy (non-hydrogen) atoms. The average molecular weight is 288 g/mol. The zero-order valence-electron chi connectivity index (χ0n) is 12.9. The maximum atomic E-state index is 9.43. The lowest BCUT2D eigenvalue weighted by atomic mass is 10.1. The topological polar surface area (TPSA) is 54.3 Å². The molecule has 1 fully saturated rings. The summed E-state index contributed by atoms with van der Waals surface area (Å²) >= 11 is 0. The number of methoxy groups -OCH3 is 1. The third kappa shape index (κ3) is 4.12. The maximum Gasteiger partial charge on any atom is 0.161 e. The van der Waals surface area contributed by atoms with Gasteiger partial charge in [-0.2, -0.15) is 5.26 Å². The van der Waals surface area contributed by atoms with Gasteiger partial charge in [0.05, 0.1) is 19.8 Å².